The maximum Gasteiger partial charge on any atom is 0.422 e. The van der Waals surface area contributed by atoms with Gasteiger partial charge < -0.3 is 16.2 Å². The molecule has 2 fully saturated rings. The molecule has 2 aliphatic rings. The van der Waals surface area contributed by atoms with Gasteiger partial charge in [0.15, 0.2) is 6.61 Å². The van der Waals surface area contributed by atoms with E-state index >= 15 is 0 Å². The number of hydrogen-bond donors (Lipinski definition) is 2. The molecule has 4 N–H and O–H groups in total. The molecule has 0 aromatic carbocycles. The summed E-state index contributed by atoms with van der Waals surface area (Å²) in [5.41, 5.74) is 9.85. The monoisotopic (exact) mass is 385 g/mol. The lowest BCUT2D eigenvalue weighted by Crippen LogP contribution is -2.42. The Morgan fingerprint density at radius 3 is 2.30 bits per heavy atom. The normalized spacial score (nSPS) is 19.4. The molecule has 1 aromatic rings. The molecule has 1 unspecified atom stereocenters. The van der Waals surface area contributed by atoms with Crippen LogP contribution in [0.5, 0.6) is 5.75 Å². The number of rotatable bonds is 8. The molecule has 1 aromatic heterocycles. The second-order valence-corrected chi connectivity index (χ2v) is 7.65. The number of halogens is 3. The molecule has 6 nitrogen and oxygen atoms in total. The maximum absolute atomic E-state index is 12.8. The standard InChI is InChI=1S/C18H22F3N3O3/c1-17(16(23)26,6-9-2-3-9)12-13(15(22)25)24-7-11(10-4-5-10)14(12)27-8-18(19,20)21/h7,9-10H,2-6,8H2,1H3,(H2,22,25)(H2,23,26). The van der Waals surface area contributed by atoms with E-state index < -0.39 is 30.0 Å². The third-order valence-corrected chi connectivity index (χ3v) is 5.18. The van der Waals surface area contributed by atoms with Crippen LogP contribution < -0.4 is 16.2 Å². The predicted octanol–water partition coefficient (Wildman–Crippen LogP) is 2.54. The molecule has 2 saturated carbocycles. The van der Waals surface area contributed by atoms with Crippen LogP contribution in [0.15, 0.2) is 6.20 Å². The van der Waals surface area contributed by atoms with Gasteiger partial charge in [-0.1, -0.05) is 12.8 Å². The molecule has 0 aliphatic heterocycles. The minimum Gasteiger partial charge on any atom is -0.483 e. The van der Waals surface area contributed by atoms with Gasteiger partial charge in [0.25, 0.3) is 5.91 Å². The second-order valence-electron chi connectivity index (χ2n) is 7.65. The fourth-order valence-corrected chi connectivity index (χ4v) is 3.43. The number of nitrogens with two attached hydrogens (primary N) is 2. The van der Waals surface area contributed by atoms with Crippen LogP contribution in [0.1, 0.15) is 66.6 Å². The number of carbonyl (C=O) groups excluding carboxylic acids is 2. The van der Waals surface area contributed by atoms with E-state index in [0.29, 0.717) is 12.0 Å². The SMILES string of the molecule is CC(CC1CC1)(C(N)=O)c1c(C(N)=O)ncc(C2CC2)c1OCC(F)(F)F. The van der Waals surface area contributed by atoms with Crippen molar-refractivity contribution in [1.82, 2.24) is 4.98 Å². The van der Waals surface area contributed by atoms with E-state index in [1.165, 1.54) is 13.1 Å². The first kappa shape index (κ1) is 19.4. The lowest BCUT2D eigenvalue weighted by molar-refractivity contribution is -0.153. The largest absolute Gasteiger partial charge is 0.483 e. The first-order valence-corrected chi connectivity index (χ1v) is 8.85. The topological polar surface area (TPSA) is 108 Å². The molecular formula is C18H22F3N3O3. The van der Waals surface area contributed by atoms with E-state index in [-0.39, 0.29) is 28.8 Å². The molecule has 1 heterocycles. The highest BCUT2D eigenvalue weighted by atomic mass is 19.4. The zero-order valence-electron chi connectivity index (χ0n) is 14.9. The number of amides is 2. The van der Waals surface area contributed by atoms with Gasteiger partial charge in [0.1, 0.15) is 11.4 Å². The van der Waals surface area contributed by atoms with Crippen LogP contribution >= 0.6 is 0 Å². The molecule has 3 rings (SSSR count). The molecular weight excluding hydrogens is 363 g/mol. The van der Waals surface area contributed by atoms with Crippen LogP contribution in [-0.2, 0) is 10.2 Å². The summed E-state index contributed by atoms with van der Waals surface area (Å²) in [4.78, 5) is 28.4. The highest BCUT2D eigenvalue weighted by Gasteiger charge is 2.46. The summed E-state index contributed by atoms with van der Waals surface area (Å²) in [7, 11) is 0. The Morgan fingerprint density at radius 2 is 1.85 bits per heavy atom. The number of carbonyl (C=O) groups is 2. The van der Waals surface area contributed by atoms with Gasteiger partial charge in [-0.3, -0.25) is 14.6 Å². The van der Waals surface area contributed by atoms with E-state index in [4.69, 9.17) is 16.2 Å². The van der Waals surface area contributed by atoms with E-state index in [0.717, 1.165) is 25.7 Å². The van der Waals surface area contributed by atoms with Gasteiger partial charge in [-0.2, -0.15) is 13.2 Å². The molecule has 2 amide bonds. The average Bonchev–Trinajstić information content (AvgIpc) is 3.44. The van der Waals surface area contributed by atoms with Gasteiger partial charge in [-0.15, -0.1) is 0 Å². The van der Waals surface area contributed by atoms with Crippen LogP contribution in [-0.4, -0.2) is 29.6 Å². The van der Waals surface area contributed by atoms with Crippen molar-refractivity contribution in [2.45, 2.75) is 56.5 Å². The van der Waals surface area contributed by atoms with Crippen LogP contribution in [0.2, 0.25) is 0 Å². The van der Waals surface area contributed by atoms with Gasteiger partial charge in [-0.25, -0.2) is 0 Å². The van der Waals surface area contributed by atoms with Crippen LogP contribution in [0.25, 0.3) is 0 Å². The summed E-state index contributed by atoms with van der Waals surface area (Å²) < 4.78 is 43.6. The van der Waals surface area contributed by atoms with Crippen molar-refractivity contribution in [2.75, 3.05) is 6.61 Å². The van der Waals surface area contributed by atoms with Crippen molar-refractivity contribution in [3.8, 4) is 5.75 Å². The average molecular weight is 385 g/mol. The third-order valence-electron chi connectivity index (χ3n) is 5.18. The minimum atomic E-state index is -4.58. The van der Waals surface area contributed by atoms with Crippen LogP contribution in [0.4, 0.5) is 13.2 Å². The smallest absolute Gasteiger partial charge is 0.422 e. The first-order chi connectivity index (χ1) is 12.5. The Labute approximate surface area is 154 Å². The van der Waals surface area contributed by atoms with Crippen molar-refractivity contribution < 1.29 is 27.5 Å². The van der Waals surface area contributed by atoms with Crippen molar-refractivity contribution in [3.05, 3.63) is 23.0 Å². The number of hydrogen-bond acceptors (Lipinski definition) is 4. The summed E-state index contributed by atoms with van der Waals surface area (Å²) in [6, 6.07) is 0. The molecule has 0 saturated heterocycles. The van der Waals surface area contributed by atoms with Gasteiger partial charge in [0.05, 0.1) is 5.41 Å². The van der Waals surface area contributed by atoms with E-state index in [1.54, 1.807) is 0 Å². The van der Waals surface area contributed by atoms with Gasteiger partial charge in [0, 0.05) is 17.3 Å². The number of ether oxygens (including phenoxy) is 1. The maximum atomic E-state index is 12.8. The van der Waals surface area contributed by atoms with Gasteiger partial charge >= 0.3 is 6.18 Å². The molecule has 2 aliphatic carbocycles. The highest BCUT2D eigenvalue weighted by Crippen LogP contribution is 2.51. The molecule has 0 radical (unpaired) electrons. The summed E-state index contributed by atoms with van der Waals surface area (Å²) in [5, 5.41) is 0. The molecule has 0 bridgehead atoms. The number of nitrogens with zero attached hydrogens (tertiary/aromatic N) is 1. The summed E-state index contributed by atoms with van der Waals surface area (Å²) in [6.07, 6.45) is 0.386. The van der Waals surface area contributed by atoms with Crippen LogP contribution in [0, 0.1) is 5.92 Å². The van der Waals surface area contributed by atoms with Crippen molar-refractivity contribution in [1.29, 1.82) is 0 Å². The van der Waals surface area contributed by atoms with E-state index in [9.17, 15) is 22.8 Å². The van der Waals surface area contributed by atoms with Crippen molar-refractivity contribution >= 4 is 11.8 Å². The predicted molar refractivity (Wildman–Crippen MR) is 90.2 cm³/mol. The quantitative estimate of drug-likeness (QED) is 0.717. The lowest BCUT2D eigenvalue weighted by atomic mass is 9.75. The molecule has 1 atom stereocenters. The summed E-state index contributed by atoms with van der Waals surface area (Å²) >= 11 is 0. The highest BCUT2D eigenvalue weighted by molar-refractivity contribution is 5.97. The van der Waals surface area contributed by atoms with Crippen molar-refractivity contribution in [2.24, 2.45) is 17.4 Å². The Balaban J connectivity index is 2.18. The molecule has 9 heteroatoms. The number of alkyl halides is 3. The fraction of sp³-hybridized carbons (Fsp3) is 0.611. The zero-order valence-corrected chi connectivity index (χ0v) is 14.9. The zero-order chi connectivity index (χ0) is 20.0. The van der Waals surface area contributed by atoms with Crippen LogP contribution in [0.3, 0.4) is 0 Å². The number of primary amides is 2. The molecule has 0 spiro atoms. The Bertz CT molecular complexity index is 773. The first-order valence-electron chi connectivity index (χ1n) is 8.85. The lowest BCUT2D eigenvalue weighted by Gasteiger charge is -2.31. The van der Waals surface area contributed by atoms with Gasteiger partial charge in [0.2, 0.25) is 5.91 Å². The van der Waals surface area contributed by atoms with Crippen molar-refractivity contribution in [3.63, 3.8) is 0 Å². The third kappa shape index (κ3) is 4.17. The summed E-state index contributed by atoms with van der Waals surface area (Å²) in [6.45, 7) is -0.0194. The van der Waals surface area contributed by atoms with E-state index in [1.807, 2.05) is 0 Å². The Morgan fingerprint density at radius 1 is 1.22 bits per heavy atom. The Hall–Kier alpha value is -2.32. The summed E-state index contributed by atoms with van der Waals surface area (Å²) in [5.74, 6) is -1.61. The molecule has 27 heavy (non-hydrogen) atoms. The number of aromatic nitrogens is 1. The fourth-order valence-electron chi connectivity index (χ4n) is 3.43. The number of pyridine rings is 1. The van der Waals surface area contributed by atoms with E-state index in [2.05, 4.69) is 4.98 Å². The van der Waals surface area contributed by atoms with Gasteiger partial charge in [-0.05, 0) is 38.0 Å². The Kier molecular flexibility index (Phi) is 4.81. The molecule has 148 valence electrons. The minimum absolute atomic E-state index is 0.0111. The second kappa shape index (κ2) is 6.69.